The van der Waals surface area contributed by atoms with Crippen molar-refractivity contribution >= 4 is 0 Å². The molecule has 1 aromatic rings. The lowest BCUT2D eigenvalue weighted by Crippen LogP contribution is -1.96. The number of hydrogen-bond acceptors (Lipinski definition) is 1. The van der Waals surface area contributed by atoms with Crippen molar-refractivity contribution in [2.75, 3.05) is 0 Å². The monoisotopic (exact) mass is 159 g/mol. The number of aryl methyl sites for hydroxylation is 1. The van der Waals surface area contributed by atoms with Crippen LogP contribution >= 0.6 is 0 Å². The summed E-state index contributed by atoms with van der Waals surface area (Å²) in [5.41, 5.74) is 0.548. The molecule has 0 aliphatic carbocycles. The summed E-state index contributed by atoms with van der Waals surface area (Å²) < 4.78 is 25.4. The van der Waals surface area contributed by atoms with Gasteiger partial charge in [-0.05, 0) is 19.4 Å². The second kappa shape index (κ2) is 2.98. The van der Waals surface area contributed by atoms with Gasteiger partial charge in [0.1, 0.15) is 5.69 Å². The molecular formula is C7H9F2N2. The predicted octanol–water partition coefficient (Wildman–Crippen LogP) is 1.73. The highest BCUT2D eigenvalue weighted by atomic mass is 19.3. The molecule has 1 rings (SSSR count). The largest absolute Gasteiger partial charge is 0.282 e. The maximum atomic E-state index is 12.0. The molecule has 0 saturated heterocycles. The normalized spacial score (nSPS) is 11.0. The molecule has 0 aliphatic heterocycles. The zero-order valence-electron chi connectivity index (χ0n) is 6.22. The Kier molecular flexibility index (Phi) is 2.22. The van der Waals surface area contributed by atoms with Gasteiger partial charge < -0.3 is 0 Å². The molecule has 0 aliphatic rings. The van der Waals surface area contributed by atoms with Crippen molar-refractivity contribution in [3.63, 3.8) is 0 Å². The molecule has 0 fully saturated rings. The second-order valence-corrected chi connectivity index (χ2v) is 2.23. The summed E-state index contributed by atoms with van der Waals surface area (Å²) in [6, 6.07) is 1.37. The van der Waals surface area contributed by atoms with Crippen molar-refractivity contribution in [2.45, 2.75) is 12.8 Å². The first kappa shape index (κ1) is 8.17. The third-order valence-electron chi connectivity index (χ3n) is 1.48. The van der Waals surface area contributed by atoms with Gasteiger partial charge in [0.15, 0.2) is 0 Å². The van der Waals surface area contributed by atoms with Crippen molar-refractivity contribution in [3.05, 3.63) is 24.4 Å². The van der Waals surface area contributed by atoms with Crippen LogP contribution in [0.4, 0.5) is 8.78 Å². The molecule has 0 aromatic carbocycles. The smallest absolute Gasteiger partial charge is 0.272 e. The van der Waals surface area contributed by atoms with Gasteiger partial charge in [0.05, 0.1) is 0 Å². The van der Waals surface area contributed by atoms with Gasteiger partial charge in [0.2, 0.25) is 0 Å². The number of rotatable bonds is 2. The minimum atomic E-state index is -2.48. The summed E-state index contributed by atoms with van der Waals surface area (Å²) in [4.78, 5) is 0. The molecule has 1 aromatic heterocycles. The Labute approximate surface area is 63.8 Å². The molecule has 4 heteroatoms. The average Bonchev–Trinajstić information content (AvgIpc) is 2.31. The van der Waals surface area contributed by atoms with Crippen LogP contribution in [0.15, 0.2) is 6.07 Å². The van der Waals surface area contributed by atoms with E-state index in [1.165, 1.54) is 10.7 Å². The van der Waals surface area contributed by atoms with Gasteiger partial charge in [0, 0.05) is 12.7 Å². The number of hydrogen-bond donors (Lipinski definition) is 0. The van der Waals surface area contributed by atoms with Gasteiger partial charge in [-0.15, -0.1) is 0 Å². The van der Waals surface area contributed by atoms with E-state index < -0.39 is 6.43 Å². The van der Waals surface area contributed by atoms with Crippen LogP contribution in [-0.4, -0.2) is 9.78 Å². The maximum absolute atomic E-state index is 12.0. The van der Waals surface area contributed by atoms with Crippen LogP contribution in [0, 0.1) is 6.92 Å². The summed E-state index contributed by atoms with van der Waals surface area (Å²) in [7, 11) is 1.63. The van der Waals surface area contributed by atoms with Crippen LogP contribution in [0.25, 0.3) is 0 Å². The van der Waals surface area contributed by atoms with E-state index in [1.807, 2.05) is 0 Å². The van der Waals surface area contributed by atoms with Gasteiger partial charge >= 0.3 is 0 Å². The molecular weight excluding hydrogens is 150 g/mol. The van der Waals surface area contributed by atoms with Crippen molar-refractivity contribution < 1.29 is 8.78 Å². The first-order valence-electron chi connectivity index (χ1n) is 3.25. The molecule has 61 valence electrons. The summed E-state index contributed by atoms with van der Waals surface area (Å²) in [5.74, 6) is 0. The fourth-order valence-electron chi connectivity index (χ4n) is 0.871. The van der Waals surface area contributed by atoms with E-state index >= 15 is 0 Å². The highest BCUT2D eigenvalue weighted by Crippen LogP contribution is 2.17. The van der Waals surface area contributed by atoms with E-state index in [1.54, 1.807) is 7.05 Å². The lowest BCUT2D eigenvalue weighted by atomic mass is 10.3. The summed E-state index contributed by atoms with van der Waals surface area (Å²) in [6.45, 7) is 3.58. The Morgan fingerprint density at radius 3 is 2.64 bits per heavy atom. The van der Waals surface area contributed by atoms with E-state index in [0.29, 0.717) is 6.42 Å². The Hall–Kier alpha value is -0.930. The third kappa shape index (κ3) is 1.56. The SMILES string of the molecule is [CH2]Cc1cc(C(F)F)nn1C. The first-order chi connectivity index (χ1) is 5.15. The van der Waals surface area contributed by atoms with Crippen molar-refractivity contribution in [2.24, 2.45) is 7.05 Å². The van der Waals surface area contributed by atoms with E-state index in [9.17, 15) is 8.78 Å². The lowest BCUT2D eigenvalue weighted by molar-refractivity contribution is 0.145. The summed E-state index contributed by atoms with van der Waals surface area (Å²) >= 11 is 0. The highest BCUT2D eigenvalue weighted by Gasteiger charge is 2.12. The van der Waals surface area contributed by atoms with Crippen molar-refractivity contribution in [3.8, 4) is 0 Å². The molecule has 1 heterocycles. The van der Waals surface area contributed by atoms with E-state index in [-0.39, 0.29) is 5.69 Å². The van der Waals surface area contributed by atoms with Crippen LogP contribution < -0.4 is 0 Å². The molecule has 0 saturated carbocycles. The third-order valence-corrected chi connectivity index (χ3v) is 1.48. The molecule has 2 nitrogen and oxygen atoms in total. The number of aromatic nitrogens is 2. The van der Waals surface area contributed by atoms with E-state index in [2.05, 4.69) is 12.0 Å². The zero-order chi connectivity index (χ0) is 8.43. The quantitative estimate of drug-likeness (QED) is 0.642. The Bertz CT molecular complexity index is 243. The first-order valence-corrected chi connectivity index (χ1v) is 3.25. The van der Waals surface area contributed by atoms with Crippen LogP contribution in [0.5, 0.6) is 0 Å². The standard InChI is InChI=1S/C7H9F2N2/c1-3-5-4-6(7(8)9)10-11(5)2/h4,7H,1,3H2,2H3. The zero-order valence-corrected chi connectivity index (χ0v) is 6.22. The van der Waals surface area contributed by atoms with Crippen LogP contribution in [0.2, 0.25) is 0 Å². The minimum Gasteiger partial charge on any atom is -0.272 e. The Balaban J connectivity index is 2.95. The van der Waals surface area contributed by atoms with Gasteiger partial charge in [0.25, 0.3) is 6.43 Å². The van der Waals surface area contributed by atoms with Crippen molar-refractivity contribution in [1.29, 1.82) is 0 Å². The topological polar surface area (TPSA) is 17.8 Å². The Morgan fingerprint density at radius 1 is 1.73 bits per heavy atom. The maximum Gasteiger partial charge on any atom is 0.282 e. The second-order valence-electron chi connectivity index (χ2n) is 2.23. The molecule has 0 N–H and O–H groups in total. The van der Waals surface area contributed by atoms with Crippen molar-refractivity contribution in [1.82, 2.24) is 9.78 Å². The molecule has 0 spiro atoms. The van der Waals surface area contributed by atoms with E-state index in [4.69, 9.17) is 0 Å². The van der Waals surface area contributed by atoms with Gasteiger partial charge in [-0.1, -0.05) is 0 Å². The van der Waals surface area contributed by atoms with Crippen LogP contribution in [-0.2, 0) is 13.5 Å². The lowest BCUT2D eigenvalue weighted by Gasteiger charge is -1.92. The average molecular weight is 159 g/mol. The molecule has 0 bridgehead atoms. The summed E-state index contributed by atoms with van der Waals surface area (Å²) in [5, 5.41) is 3.61. The molecule has 0 atom stereocenters. The number of nitrogens with zero attached hydrogens (tertiary/aromatic N) is 2. The molecule has 0 amide bonds. The predicted molar refractivity (Wildman–Crippen MR) is 37.2 cm³/mol. The fourth-order valence-corrected chi connectivity index (χ4v) is 0.871. The fraction of sp³-hybridized carbons (Fsp3) is 0.429. The van der Waals surface area contributed by atoms with Gasteiger partial charge in [-0.25, -0.2) is 8.78 Å². The van der Waals surface area contributed by atoms with Crippen LogP contribution in [0.1, 0.15) is 17.8 Å². The number of halogens is 2. The minimum absolute atomic E-state index is 0.175. The van der Waals surface area contributed by atoms with Gasteiger partial charge in [-0.3, -0.25) is 4.68 Å². The van der Waals surface area contributed by atoms with Crippen LogP contribution in [0.3, 0.4) is 0 Å². The molecule has 0 unspecified atom stereocenters. The Morgan fingerprint density at radius 2 is 2.36 bits per heavy atom. The number of alkyl halides is 2. The van der Waals surface area contributed by atoms with Gasteiger partial charge in [-0.2, -0.15) is 5.10 Å². The summed E-state index contributed by atoms with van der Waals surface area (Å²) in [6.07, 6.45) is -2.00. The molecule has 11 heavy (non-hydrogen) atoms. The highest BCUT2D eigenvalue weighted by molar-refractivity contribution is 5.11. The molecule has 1 radical (unpaired) electrons. The van der Waals surface area contributed by atoms with E-state index in [0.717, 1.165) is 5.69 Å².